The van der Waals surface area contributed by atoms with E-state index in [2.05, 4.69) is 18.7 Å². The summed E-state index contributed by atoms with van der Waals surface area (Å²) < 4.78 is 0. The molecule has 0 rings (SSSR count). The van der Waals surface area contributed by atoms with Gasteiger partial charge in [0.1, 0.15) is 0 Å². The summed E-state index contributed by atoms with van der Waals surface area (Å²) >= 11 is 0. The Morgan fingerprint density at radius 3 is 2.33 bits per heavy atom. The standard InChI is InChI=1S/C11H20O/c1-2-3-4-5-6-7-8-9-10-11-12/h6,8,12H,2-5,9-11H2,1H3. The van der Waals surface area contributed by atoms with Gasteiger partial charge in [-0.05, 0) is 37.8 Å². The normalized spacial score (nSPS) is 9.17. The molecule has 1 N–H and O–H groups in total. The van der Waals surface area contributed by atoms with Crippen molar-refractivity contribution in [2.75, 3.05) is 6.61 Å². The molecular formula is C11H20O. The molecule has 12 heavy (non-hydrogen) atoms. The van der Waals surface area contributed by atoms with Crippen molar-refractivity contribution in [1.29, 1.82) is 0 Å². The van der Waals surface area contributed by atoms with E-state index in [0.29, 0.717) is 0 Å². The third-order valence-electron chi connectivity index (χ3n) is 1.69. The van der Waals surface area contributed by atoms with Crippen LogP contribution in [0.1, 0.15) is 45.4 Å². The minimum atomic E-state index is 0.286. The minimum absolute atomic E-state index is 0.286. The number of aliphatic hydroxyl groups is 1. The lowest BCUT2D eigenvalue weighted by atomic mass is 10.2. The molecule has 1 nitrogen and oxygen atoms in total. The zero-order valence-electron chi connectivity index (χ0n) is 8.05. The SMILES string of the molecule is CCCCCC=C=CCCCO. The largest absolute Gasteiger partial charge is 0.396 e. The van der Waals surface area contributed by atoms with Gasteiger partial charge in [-0.1, -0.05) is 19.8 Å². The fourth-order valence-corrected chi connectivity index (χ4v) is 0.940. The Bertz CT molecular complexity index is 132. The summed E-state index contributed by atoms with van der Waals surface area (Å²) in [6.07, 6.45) is 10.9. The van der Waals surface area contributed by atoms with Crippen LogP contribution in [-0.4, -0.2) is 11.7 Å². The van der Waals surface area contributed by atoms with E-state index < -0.39 is 0 Å². The fraction of sp³-hybridized carbons (Fsp3) is 0.727. The Morgan fingerprint density at radius 2 is 1.75 bits per heavy atom. The van der Waals surface area contributed by atoms with Crippen molar-refractivity contribution in [3.8, 4) is 0 Å². The molecule has 0 aromatic rings. The predicted octanol–water partition coefficient (Wildman–Crippen LogP) is 3.05. The van der Waals surface area contributed by atoms with E-state index in [0.717, 1.165) is 19.3 Å². The summed E-state index contributed by atoms with van der Waals surface area (Å²) in [6.45, 7) is 2.49. The number of unbranched alkanes of at least 4 members (excludes halogenated alkanes) is 4. The first-order valence-electron chi connectivity index (χ1n) is 4.92. The second-order valence-corrected chi connectivity index (χ2v) is 2.94. The number of hydrogen-bond donors (Lipinski definition) is 1. The van der Waals surface area contributed by atoms with Crippen molar-refractivity contribution < 1.29 is 5.11 Å². The van der Waals surface area contributed by atoms with E-state index in [-0.39, 0.29) is 6.61 Å². The van der Waals surface area contributed by atoms with Crippen molar-refractivity contribution in [3.63, 3.8) is 0 Å². The average Bonchev–Trinajstić information content (AvgIpc) is 2.10. The van der Waals surface area contributed by atoms with Crippen molar-refractivity contribution in [2.45, 2.75) is 45.4 Å². The van der Waals surface area contributed by atoms with Crippen LogP contribution in [0.15, 0.2) is 17.9 Å². The first kappa shape index (κ1) is 11.5. The summed E-state index contributed by atoms with van der Waals surface area (Å²) in [4.78, 5) is 0. The molecule has 0 saturated carbocycles. The van der Waals surface area contributed by atoms with Crippen molar-refractivity contribution >= 4 is 0 Å². The molecule has 0 aliphatic carbocycles. The molecule has 0 heterocycles. The Hall–Kier alpha value is -0.520. The van der Waals surface area contributed by atoms with Gasteiger partial charge in [-0.3, -0.25) is 0 Å². The molecule has 0 amide bonds. The molecule has 0 bridgehead atoms. The highest BCUT2D eigenvalue weighted by atomic mass is 16.2. The van der Waals surface area contributed by atoms with Crippen LogP contribution in [0, 0.1) is 0 Å². The van der Waals surface area contributed by atoms with Crippen LogP contribution in [-0.2, 0) is 0 Å². The molecule has 0 saturated heterocycles. The zero-order valence-corrected chi connectivity index (χ0v) is 8.05. The summed E-state index contributed by atoms with van der Waals surface area (Å²) in [5, 5.41) is 8.48. The predicted molar refractivity (Wildman–Crippen MR) is 53.1 cm³/mol. The van der Waals surface area contributed by atoms with Gasteiger partial charge in [-0.25, -0.2) is 0 Å². The molecule has 0 radical (unpaired) electrons. The average molecular weight is 168 g/mol. The molecular weight excluding hydrogens is 148 g/mol. The van der Waals surface area contributed by atoms with Gasteiger partial charge in [-0.15, -0.1) is 5.73 Å². The molecule has 0 fully saturated rings. The Morgan fingerprint density at radius 1 is 1.08 bits per heavy atom. The molecule has 0 aromatic carbocycles. The monoisotopic (exact) mass is 168 g/mol. The van der Waals surface area contributed by atoms with Crippen LogP contribution >= 0.6 is 0 Å². The topological polar surface area (TPSA) is 20.2 Å². The molecule has 0 aliphatic heterocycles. The molecule has 70 valence electrons. The van der Waals surface area contributed by atoms with Crippen molar-refractivity contribution in [2.24, 2.45) is 0 Å². The van der Waals surface area contributed by atoms with Crippen LogP contribution in [0.5, 0.6) is 0 Å². The summed E-state index contributed by atoms with van der Waals surface area (Å²) in [7, 11) is 0. The molecule has 0 atom stereocenters. The van der Waals surface area contributed by atoms with Gasteiger partial charge < -0.3 is 5.11 Å². The summed E-state index contributed by atoms with van der Waals surface area (Å²) in [6, 6.07) is 0. The van der Waals surface area contributed by atoms with Gasteiger partial charge in [0, 0.05) is 6.61 Å². The smallest absolute Gasteiger partial charge is 0.0434 e. The second kappa shape index (κ2) is 10.5. The number of aliphatic hydroxyl groups excluding tert-OH is 1. The molecule has 0 spiro atoms. The fourth-order valence-electron chi connectivity index (χ4n) is 0.940. The summed E-state index contributed by atoms with van der Waals surface area (Å²) in [5.41, 5.74) is 3.12. The second-order valence-electron chi connectivity index (χ2n) is 2.94. The van der Waals surface area contributed by atoms with Crippen molar-refractivity contribution in [3.05, 3.63) is 17.9 Å². The molecule has 1 heteroatoms. The van der Waals surface area contributed by atoms with E-state index in [1.807, 2.05) is 6.08 Å². The van der Waals surface area contributed by atoms with Crippen molar-refractivity contribution in [1.82, 2.24) is 0 Å². The van der Waals surface area contributed by atoms with Crippen LogP contribution < -0.4 is 0 Å². The lowest BCUT2D eigenvalue weighted by molar-refractivity contribution is 0.289. The van der Waals surface area contributed by atoms with E-state index in [1.54, 1.807) is 0 Å². The first-order chi connectivity index (χ1) is 5.91. The van der Waals surface area contributed by atoms with Crippen LogP contribution in [0.4, 0.5) is 0 Å². The van der Waals surface area contributed by atoms with Gasteiger partial charge in [0.05, 0.1) is 0 Å². The Kier molecular flexibility index (Phi) is 10.0. The number of allylic oxidation sites excluding steroid dienone is 1. The minimum Gasteiger partial charge on any atom is -0.396 e. The zero-order chi connectivity index (χ0) is 9.07. The molecule has 0 aromatic heterocycles. The lowest BCUT2D eigenvalue weighted by Crippen LogP contribution is -1.77. The Balaban J connectivity index is 3.16. The number of rotatable bonds is 7. The van der Waals surface area contributed by atoms with E-state index in [4.69, 9.17) is 5.11 Å². The third-order valence-corrected chi connectivity index (χ3v) is 1.69. The highest BCUT2D eigenvalue weighted by Crippen LogP contribution is 1.98. The van der Waals surface area contributed by atoms with Crippen LogP contribution in [0.2, 0.25) is 0 Å². The van der Waals surface area contributed by atoms with Crippen LogP contribution in [0.3, 0.4) is 0 Å². The van der Waals surface area contributed by atoms with Gasteiger partial charge in [0.2, 0.25) is 0 Å². The van der Waals surface area contributed by atoms with Crippen LogP contribution in [0.25, 0.3) is 0 Å². The summed E-state index contributed by atoms with van der Waals surface area (Å²) in [5.74, 6) is 0. The maximum atomic E-state index is 8.48. The van der Waals surface area contributed by atoms with E-state index >= 15 is 0 Å². The highest BCUT2D eigenvalue weighted by molar-refractivity contribution is 4.84. The highest BCUT2D eigenvalue weighted by Gasteiger charge is 1.80. The maximum absolute atomic E-state index is 8.48. The quantitative estimate of drug-likeness (QED) is 0.457. The van der Waals surface area contributed by atoms with E-state index in [1.165, 1.54) is 19.3 Å². The maximum Gasteiger partial charge on any atom is 0.0434 e. The number of hydrogen-bond acceptors (Lipinski definition) is 1. The van der Waals surface area contributed by atoms with Gasteiger partial charge in [0.15, 0.2) is 0 Å². The van der Waals surface area contributed by atoms with Gasteiger partial charge >= 0.3 is 0 Å². The van der Waals surface area contributed by atoms with Gasteiger partial charge in [0.25, 0.3) is 0 Å². The third kappa shape index (κ3) is 9.48. The Labute approximate surface area is 75.8 Å². The lowest BCUT2D eigenvalue weighted by Gasteiger charge is -1.88. The first-order valence-corrected chi connectivity index (χ1v) is 4.92. The molecule has 0 unspecified atom stereocenters. The van der Waals surface area contributed by atoms with Gasteiger partial charge in [-0.2, -0.15) is 0 Å². The van der Waals surface area contributed by atoms with E-state index in [9.17, 15) is 0 Å². The molecule has 0 aliphatic rings.